The second-order valence-electron chi connectivity index (χ2n) is 12.1. The van der Waals surface area contributed by atoms with Gasteiger partial charge in [0.2, 0.25) is 11.7 Å². The van der Waals surface area contributed by atoms with Crippen LogP contribution in [0, 0.1) is 0 Å². The number of hydrogen-bond donors (Lipinski definition) is 1. The Morgan fingerprint density at radius 3 is 2.80 bits per heavy atom. The molecule has 4 aromatic rings. The summed E-state index contributed by atoms with van der Waals surface area (Å²) in [5.41, 5.74) is 5.34. The van der Waals surface area contributed by atoms with E-state index in [1.807, 2.05) is 18.2 Å². The molecule has 236 valence electrons. The van der Waals surface area contributed by atoms with Crippen molar-refractivity contribution in [3.05, 3.63) is 70.2 Å². The van der Waals surface area contributed by atoms with Crippen LogP contribution in [0.15, 0.2) is 62.7 Å². The van der Waals surface area contributed by atoms with Gasteiger partial charge in [-0.3, -0.25) is 14.3 Å². The predicted molar refractivity (Wildman–Crippen MR) is 176 cm³/mol. The second-order valence-corrected chi connectivity index (χ2v) is 13.6. The molecule has 5 heterocycles. The average molecular weight is 630 g/mol. The molecule has 2 aliphatic heterocycles. The summed E-state index contributed by atoms with van der Waals surface area (Å²) in [4.78, 5) is 32.8. The Morgan fingerprint density at radius 1 is 1.13 bits per heavy atom. The van der Waals surface area contributed by atoms with Crippen molar-refractivity contribution in [1.29, 1.82) is 0 Å². The number of benzene rings is 1. The Hall–Kier alpha value is -3.71. The predicted octanol–water partition coefficient (Wildman–Crippen LogP) is 4.57. The number of fused-ring (bicyclic) bond motifs is 2. The van der Waals surface area contributed by atoms with Crippen LogP contribution < -0.4 is 15.8 Å². The van der Waals surface area contributed by atoms with Crippen LogP contribution in [0.5, 0.6) is 0 Å². The monoisotopic (exact) mass is 629 g/mol. The fourth-order valence-electron chi connectivity index (χ4n) is 6.90. The lowest BCUT2D eigenvalue weighted by Crippen LogP contribution is -2.50. The number of hydrogen-bond acceptors (Lipinski definition) is 10. The van der Waals surface area contributed by atoms with Gasteiger partial charge in [0.15, 0.2) is 6.39 Å². The van der Waals surface area contributed by atoms with Crippen LogP contribution in [0.3, 0.4) is 0 Å². The highest BCUT2D eigenvalue weighted by atomic mass is 32.2. The van der Waals surface area contributed by atoms with Gasteiger partial charge in [0.25, 0.3) is 10.6 Å². The van der Waals surface area contributed by atoms with Gasteiger partial charge in [-0.2, -0.15) is 9.97 Å². The summed E-state index contributed by atoms with van der Waals surface area (Å²) >= 11 is -1.43. The van der Waals surface area contributed by atoms with Crippen molar-refractivity contribution in [2.24, 2.45) is 0 Å². The molecule has 0 saturated carbocycles. The molecule has 45 heavy (non-hydrogen) atoms. The van der Waals surface area contributed by atoms with Crippen molar-refractivity contribution in [2.45, 2.75) is 56.6 Å². The molecule has 1 aromatic carbocycles. The Bertz CT molecular complexity index is 1770. The molecular formula is C33H39N7O4S. The fourth-order valence-corrected chi connectivity index (χ4v) is 7.94. The summed E-state index contributed by atoms with van der Waals surface area (Å²) < 4.78 is 25.3. The van der Waals surface area contributed by atoms with E-state index in [2.05, 4.69) is 44.1 Å². The lowest BCUT2D eigenvalue weighted by atomic mass is 10.0. The SMILES string of the molecule is COCC[S+]([O-])c1ncoc1Cn1c(=O)c(C2=C(C)CCC2)cc2cnc(Nc3ccc(N4CCN5CCCC5C4)cc3)nc21. The number of piperazine rings is 1. The number of pyridine rings is 1. The molecule has 0 spiro atoms. The minimum Gasteiger partial charge on any atom is -0.610 e. The first-order valence-corrected chi connectivity index (χ1v) is 17.1. The molecule has 3 aromatic heterocycles. The molecule has 2 unspecified atom stereocenters. The molecule has 12 heteroatoms. The Balaban J connectivity index is 1.19. The lowest BCUT2D eigenvalue weighted by Gasteiger charge is -2.38. The molecule has 2 fully saturated rings. The van der Waals surface area contributed by atoms with Gasteiger partial charge >= 0.3 is 0 Å². The first-order valence-electron chi connectivity index (χ1n) is 15.7. The largest absolute Gasteiger partial charge is 0.610 e. The number of methoxy groups -OCH3 is 1. The van der Waals surface area contributed by atoms with Gasteiger partial charge in [0.1, 0.15) is 11.4 Å². The van der Waals surface area contributed by atoms with Crippen molar-refractivity contribution in [2.75, 3.05) is 55.9 Å². The number of anilines is 3. The highest BCUT2D eigenvalue weighted by Crippen LogP contribution is 2.33. The van der Waals surface area contributed by atoms with Crippen LogP contribution in [0.25, 0.3) is 16.6 Å². The number of nitrogens with zero attached hydrogens (tertiary/aromatic N) is 6. The van der Waals surface area contributed by atoms with Gasteiger partial charge in [-0.05, 0) is 81.5 Å². The minimum absolute atomic E-state index is 0.0446. The Labute approximate surface area is 265 Å². The number of oxazole rings is 1. The molecule has 0 bridgehead atoms. The van der Waals surface area contributed by atoms with Gasteiger partial charge < -0.3 is 23.9 Å². The zero-order chi connectivity index (χ0) is 30.9. The van der Waals surface area contributed by atoms with E-state index in [0.717, 1.165) is 55.5 Å². The molecule has 7 rings (SSSR count). The normalized spacial score (nSPS) is 19.4. The molecule has 2 saturated heterocycles. The topological polar surface area (TPSA) is 125 Å². The van der Waals surface area contributed by atoms with E-state index in [4.69, 9.17) is 14.1 Å². The number of nitrogens with one attached hydrogen (secondary N) is 1. The number of rotatable bonds is 10. The zero-order valence-corrected chi connectivity index (χ0v) is 26.6. The highest BCUT2D eigenvalue weighted by molar-refractivity contribution is 7.91. The molecule has 3 aliphatic rings. The van der Waals surface area contributed by atoms with E-state index < -0.39 is 11.2 Å². The van der Waals surface area contributed by atoms with E-state index in [0.29, 0.717) is 40.6 Å². The smallest absolute Gasteiger partial charge is 0.288 e. The van der Waals surface area contributed by atoms with Gasteiger partial charge in [-0.25, -0.2) is 4.98 Å². The van der Waals surface area contributed by atoms with E-state index in [1.54, 1.807) is 17.9 Å². The zero-order valence-electron chi connectivity index (χ0n) is 25.8. The van der Waals surface area contributed by atoms with Crippen LogP contribution in [-0.4, -0.2) is 80.7 Å². The fraction of sp³-hybridized carbons (Fsp3) is 0.455. The molecule has 2 atom stereocenters. The van der Waals surface area contributed by atoms with Gasteiger partial charge in [0, 0.05) is 72.5 Å². The summed E-state index contributed by atoms with van der Waals surface area (Å²) in [6, 6.07) is 10.9. The summed E-state index contributed by atoms with van der Waals surface area (Å²) in [7, 11) is 1.56. The van der Waals surface area contributed by atoms with Crippen molar-refractivity contribution < 1.29 is 13.7 Å². The third kappa shape index (κ3) is 6.11. The van der Waals surface area contributed by atoms with E-state index in [9.17, 15) is 9.35 Å². The number of aromatic nitrogens is 4. The maximum Gasteiger partial charge on any atom is 0.288 e. The van der Waals surface area contributed by atoms with Crippen LogP contribution >= 0.6 is 0 Å². The molecule has 1 N–H and O–H groups in total. The van der Waals surface area contributed by atoms with Crippen molar-refractivity contribution in [3.63, 3.8) is 0 Å². The maximum atomic E-state index is 14.1. The van der Waals surface area contributed by atoms with E-state index in [-0.39, 0.29) is 17.9 Å². The van der Waals surface area contributed by atoms with Crippen LogP contribution in [0.1, 0.15) is 50.4 Å². The van der Waals surface area contributed by atoms with Gasteiger partial charge in [0.05, 0.1) is 13.2 Å². The third-order valence-electron chi connectivity index (χ3n) is 9.32. The summed E-state index contributed by atoms with van der Waals surface area (Å²) in [5.74, 6) is 1.03. The summed E-state index contributed by atoms with van der Waals surface area (Å²) in [6.45, 7) is 6.92. The van der Waals surface area contributed by atoms with Gasteiger partial charge in [-0.1, -0.05) is 5.57 Å². The number of ether oxygens (including phenoxy) is 1. The van der Waals surface area contributed by atoms with Crippen molar-refractivity contribution >= 4 is 45.1 Å². The van der Waals surface area contributed by atoms with E-state index >= 15 is 0 Å². The first-order chi connectivity index (χ1) is 22.0. The van der Waals surface area contributed by atoms with Gasteiger partial charge in [-0.15, -0.1) is 0 Å². The molecule has 1 aliphatic carbocycles. The molecular weight excluding hydrogens is 590 g/mol. The molecule has 11 nitrogen and oxygen atoms in total. The molecule has 0 radical (unpaired) electrons. The number of allylic oxidation sites excluding steroid dienone is 2. The van der Waals surface area contributed by atoms with E-state index in [1.165, 1.54) is 37.0 Å². The minimum atomic E-state index is -1.43. The van der Waals surface area contributed by atoms with Crippen molar-refractivity contribution in [1.82, 2.24) is 24.4 Å². The van der Waals surface area contributed by atoms with Crippen LogP contribution in [0.2, 0.25) is 0 Å². The van der Waals surface area contributed by atoms with Crippen LogP contribution in [-0.2, 0) is 22.5 Å². The summed E-state index contributed by atoms with van der Waals surface area (Å²) in [6.07, 6.45) is 8.46. The standard InChI is InChI=1S/C33H39N7O4S/c1-22-5-3-7-27(22)28-17-23-18-34-33(36-24-8-10-25(11-9-24)39-14-13-38-12-4-6-26(38)19-39)37-30(23)40(32(28)41)20-29-31(35-21-44-29)45(42)16-15-43-2/h8-11,17-18,21,26H,3-7,12-16,19-20H2,1-2H3,(H,34,36,37). The Morgan fingerprint density at radius 2 is 2.00 bits per heavy atom. The average Bonchev–Trinajstić information content (AvgIpc) is 3.82. The quantitative estimate of drug-likeness (QED) is 0.250. The third-order valence-corrected chi connectivity index (χ3v) is 10.6. The second kappa shape index (κ2) is 13.0. The lowest BCUT2D eigenvalue weighted by molar-refractivity contribution is 0.217. The maximum absolute atomic E-state index is 14.1. The Kier molecular flexibility index (Phi) is 8.63. The highest BCUT2D eigenvalue weighted by Gasteiger charge is 2.30. The summed E-state index contributed by atoms with van der Waals surface area (Å²) in [5, 5.41) is 4.38. The first kappa shape index (κ1) is 30.0. The van der Waals surface area contributed by atoms with Crippen molar-refractivity contribution in [3.8, 4) is 0 Å². The molecule has 0 amide bonds. The van der Waals surface area contributed by atoms with Crippen LogP contribution in [0.4, 0.5) is 17.3 Å².